The smallest absolute Gasteiger partial charge is 0.490 e. The minimum Gasteiger partial charge on any atom is -0.497 e. The van der Waals surface area contributed by atoms with E-state index in [2.05, 4.69) is 4.99 Å². The Labute approximate surface area is 218 Å². The topological polar surface area (TPSA) is 148 Å². The van der Waals surface area contributed by atoms with Crippen LogP contribution in [0.3, 0.4) is 0 Å². The number of aliphatic imine (C=N–C) groups is 1. The fourth-order valence-corrected chi connectivity index (χ4v) is 3.78. The van der Waals surface area contributed by atoms with E-state index >= 15 is 0 Å². The van der Waals surface area contributed by atoms with Gasteiger partial charge in [0.2, 0.25) is 0 Å². The molecule has 1 saturated heterocycles. The number of nitrogens with two attached hydrogens (primary N) is 2. The highest BCUT2D eigenvalue weighted by Crippen LogP contribution is 2.39. The third-order valence-electron chi connectivity index (χ3n) is 5.64. The third kappa shape index (κ3) is 8.61. The SMILES string of the molecule is COc1ccc(C(=O)N2CCC(c3ccc(C(=O)N=C(N)N)cc3C(F)(F)F)CC2)cc1.O=C(O)C(F)(F)F. The Kier molecular flexibility index (Phi) is 9.91. The van der Waals surface area contributed by atoms with Gasteiger partial charge in [-0.05, 0) is 60.7 Å². The first-order valence-electron chi connectivity index (χ1n) is 11.1. The van der Waals surface area contributed by atoms with E-state index in [-0.39, 0.29) is 17.0 Å². The Balaban J connectivity index is 0.000000673. The van der Waals surface area contributed by atoms with Crippen molar-refractivity contribution in [3.63, 3.8) is 0 Å². The number of carbonyl (C=O) groups is 3. The highest BCUT2D eigenvalue weighted by atomic mass is 19.4. The van der Waals surface area contributed by atoms with Crippen LogP contribution in [0, 0.1) is 0 Å². The van der Waals surface area contributed by atoms with E-state index < -0.39 is 41.7 Å². The summed E-state index contributed by atoms with van der Waals surface area (Å²) in [6.45, 7) is 0.642. The van der Waals surface area contributed by atoms with Crippen molar-refractivity contribution in [2.24, 2.45) is 16.5 Å². The van der Waals surface area contributed by atoms with E-state index in [1.54, 1.807) is 29.2 Å². The van der Waals surface area contributed by atoms with Gasteiger partial charge in [-0.15, -0.1) is 0 Å². The quantitative estimate of drug-likeness (QED) is 0.292. The fourth-order valence-electron chi connectivity index (χ4n) is 3.78. The van der Waals surface area contributed by atoms with Crippen LogP contribution in [0.1, 0.15) is 50.6 Å². The van der Waals surface area contributed by atoms with Gasteiger partial charge in [-0.3, -0.25) is 9.59 Å². The molecule has 0 saturated carbocycles. The molecule has 1 fully saturated rings. The molecule has 3 rings (SSSR count). The average Bonchev–Trinajstić information content (AvgIpc) is 2.87. The number of hydrogen-bond donors (Lipinski definition) is 3. The van der Waals surface area contributed by atoms with Gasteiger partial charge in [-0.25, -0.2) is 4.79 Å². The molecule has 1 aliphatic heterocycles. The molecule has 9 nitrogen and oxygen atoms in total. The van der Waals surface area contributed by atoms with E-state index in [0.29, 0.717) is 37.2 Å². The maximum absolute atomic E-state index is 13.7. The summed E-state index contributed by atoms with van der Waals surface area (Å²) < 4.78 is 78.0. The first-order valence-corrected chi connectivity index (χ1v) is 11.1. The molecule has 0 aliphatic carbocycles. The van der Waals surface area contributed by atoms with Crippen LogP contribution in [-0.4, -0.2) is 60.1 Å². The number of alkyl halides is 6. The summed E-state index contributed by atoms with van der Waals surface area (Å²) in [4.78, 5) is 38.5. The van der Waals surface area contributed by atoms with Crippen LogP contribution >= 0.6 is 0 Å². The number of hydrogen-bond acceptors (Lipinski definition) is 4. The zero-order valence-corrected chi connectivity index (χ0v) is 20.3. The number of nitrogens with zero attached hydrogens (tertiary/aromatic N) is 2. The summed E-state index contributed by atoms with van der Waals surface area (Å²) in [5.41, 5.74) is 9.72. The number of amides is 2. The number of rotatable bonds is 4. The van der Waals surface area contributed by atoms with Gasteiger partial charge in [-0.1, -0.05) is 6.07 Å². The Morgan fingerprint density at radius 3 is 1.90 bits per heavy atom. The lowest BCUT2D eigenvalue weighted by Gasteiger charge is -2.33. The largest absolute Gasteiger partial charge is 0.497 e. The Hall–Kier alpha value is -4.30. The number of methoxy groups -OCH3 is 1. The van der Waals surface area contributed by atoms with E-state index in [0.717, 1.165) is 6.07 Å². The fraction of sp³-hybridized carbons (Fsp3) is 0.333. The monoisotopic (exact) mass is 562 g/mol. The summed E-state index contributed by atoms with van der Waals surface area (Å²) in [5.74, 6) is -4.18. The zero-order chi connectivity index (χ0) is 29.5. The number of aliphatic carboxylic acids is 1. The summed E-state index contributed by atoms with van der Waals surface area (Å²) in [5, 5.41) is 7.12. The maximum Gasteiger partial charge on any atom is 0.490 e. The summed E-state index contributed by atoms with van der Waals surface area (Å²) in [6.07, 6.45) is -9.00. The lowest BCUT2D eigenvalue weighted by Crippen LogP contribution is -2.38. The summed E-state index contributed by atoms with van der Waals surface area (Å²) in [6, 6.07) is 10.0. The van der Waals surface area contributed by atoms with Crippen molar-refractivity contribution in [2.75, 3.05) is 20.2 Å². The second-order valence-electron chi connectivity index (χ2n) is 8.24. The lowest BCUT2D eigenvalue weighted by atomic mass is 9.85. The molecule has 0 atom stereocenters. The van der Waals surface area contributed by atoms with Gasteiger partial charge < -0.3 is 26.2 Å². The first-order chi connectivity index (χ1) is 18.0. The molecule has 2 aromatic rings. The van der Waals surface area contributed by atoms with Gasteiger partial charge in [-0.2, -0.15) is 31.3 Å². The standard InChI is InChI=1S/C22H23F3N4O3.C2HF3O2/c1-32-16-5-2-14(3-6-16)20(31)29-10-8-13(9-11-29)17-7-4-15(19(30)28-21(26)27)12-18(17)22(23,24)25;3-2(4,5)1(6)7/h2-7,12-13H,8-11H2,1H3,(H4,26,27,28,30);(H,6,7). The maximum atomic E-state index is 13.7. The van der Waals surface area contributed by atoms with Crippen molar-refractivity contribution >= 4 is 23.7 Å². The van der Waals surface area contributed by atoms with Crippen LogP contribution in [0.4, 0.5) is 26.3 Å². The molecule has 212 valence electrons. The third-order valence-corrected chi connectivity index (χ3v) is 5.64. The number of ether oxygens (including phenoxy) is 1. The van der Waals surface area contributed by atoms with Crippen molar-refractivity contribution in [3.8, 4) is 5.75 Å². The van der Waals surface area contributed by atoms with Gasteiger partial charge in [0.05, 0.1) is 12.7 Å². The van der Waals surface area contributed by atoms with Crippen molar-refractivity contribution in [2.45, 2.75) is 31.1 Å². The van der Waals surface area contributed by atoms with Crippen LogP contribution in [0.25, 0.3) is 0 Å². The molecule has 2 amide bonds. The predicted molar refractivity (Wildman–Crippen MR) is 126 cm³/mol. The molecule has 0 spiro atoms. The number of guanidine groups is 1. The van der Waals surface area contributed by atoms with Crippen molar-refractivity contribution < 1.29 is 50.6 Å². The molecule has 5 N–H and O–H groups in total. The van der Waals surface area contributed by atoms with Crippen molar-refractivity contribution in [1.29, 1.82) is 0 Å². The molecule has 0 radical (unpaired) electrons. The van der Waals surface area contributed by atoms with Crippen LogP contribution in [-0.2, 0) is 11.0 Å². The van der Waals surface area contributed by atoms with Gasteiger partial charge in [0.25, 0.3) is 11.8 Å². The summed E-state index contributed by atoms with van der Waals surface area (Å²) >= 11 is 0. The summed E-state index contributed by atoms with van der Waals surface area (Å²) in [7, 11) is 1.53. The van der Waals surface area contributed by atoms with Crippen LogP contribution in [0.2, 0.25) is 0 Å². The van der Waals surface area contributed by atoms with E-state index in [1.807, 2.05) is 0 Å². The van der Waals surface area contributed by atoms with Crippen LogP contribution < -0.4 is 16.2 Å². The lowest BCUT2D eigenvalue weighted by molar-refractivity contribution is -0.192. The van der Waals surface area contributed by atoms with Crippen molar-refractivity contribution in [3.05, 3.63) is 64.7 Å². The molecular weight excluding hydrogens is 538 g/mol. The van der Waals surface area contributed by atoms with Gasteiger partial charge in [0.1, 0.15) is 5.75 Å². The number of halogens is 6. The van der Waals surface area contributed by atoms with Crippen molar-refractivity contribution in [1.82, 2.24) is 4.90 Å². The average molecular weight is 562 g/mol. The Morgan fingerprint density at radius 1 is 0.949 bits per heavy atom. The number of carboxylic acid groups (broad SMARTS) is 1. The predicted octanol–water partition coefficient (Wildman–Crippen LogP) is 3.78. The molecule has 0 unspecified atom stereocenters. The van der Waals surface area contributed by atoms with Crippen LogP contribution in [0.15, 0.2) is 47.5 Å². The minimum absolute atomic E-state index is 0.0929. The Morgan fingerprint density at radius 2 is 1.46 bits per heavy atom. The number of carboxylic acids is 1. The second kappa shape index (κ2) is 12.5. The zero-order valence-electron chi connectivity index (χ0n) is 20.3. The number of likely N-dealkylation sites (tertiary alicyclic amines) is 1. The number of carbonyl (C=O) groups excluding carboxylic acids is 2. The van der Waals surface area contributed by atoms with Gasteiger partial charge in [0, 0.05) is 24.2 Å². The van der Waals surface area contributed by atoms with Crippen LogP contribution in [0.5, 0.6) is 5.75 Å². The molecule has 15 heteroatoms. The Bertz CT molecular complexity index is 1220. The molecule has 39 heavy (non-hydrogen) atoms. The van der Waals surface area contributed by atoms with Gasteiger partial charge in [0.15, 0.2) is 5.96 Å². The molecule has 2 aromatic carbocycles. The second-order valence-corrected chi connectivity index (χ2v) is 8.24. The normalized spacial score (nSPS) is 14.1. The molecule has 1 aliphatic rings. The van der Waals surface area contributed by atoms with Gasteiger partial charge >= 0.3 is 18.3 Å². The van der Waals surface area contributed by atoms with E-state index in [9.17, 15) is 35.9 Å². The number of piperidine rings is 1. The minimum atomic E-state index is -5.08. The van der Waals surface area contributed by atoms with E-state index in [1.165, 1.54) is 19.2 Å². The number of benzene rings is 2. The first kappa shape index (κ1) is 30.9. The van der Waals surface area contributed by atoms with E-state index in [4.69, 9.17) is 26.1 Å². The molecule has 0 bridgehead atoms. The molecule has 1 heterocycles. The molecule has 0 aromatic heterocycles. The highest BCUT2D eigenvalue weighted by molar-refractivity contribution is 6.02. The highest BCUT2D eigenvalue weighted by Gasteiger charge is 2.38. The molecular formula is C24H24F6N4O5.